The Morgan fingerprint density at radius 3 is 2.93 bits per heavy atom. The average molecular weight is 202 g/mol. The molecule has 78 valence electrons. The lowest BCUT2D eigenvalue weighted by Gasteiger charge is -2.03. The fraction of sp³-hybridized carbons (Fsp3) is 0.273. The van der Waals surface area contributed by atoms with Crippen LogP contribution in [0.1, 0.15) is 11.5 Å². The first-order valence-electron chi connectivity index (χ1n) is 4.89. The Balaban J connectivity index is 2.21. The van der Waals surface area contributed by atoms with Gasteiger partial charge in [0, 0.05) is 32.9 Å². The van der Waals surface area contributed by atoms with Gasteiger partial charge < -0.3 is 9.88 Å². The highest BCUT2D eigenvalue weighted by Crippen LogP contribution is 2.08. The lowest BCUT2D eigenvalue weighted by Crippen LogP contribution is -2.01. The van der Waals surface area contributed by atoms with Crippen molar-refractivity contribution < 1.29 is 0 Å². The molecule has 0 aliphatic carbocycles. The molecule has 0 radical (unpaired) electrons. The van der Waals surface area contributed by atoms with E-state index in [1.807, 2.05) is 43.1 Å². The maximum absolute atomic E-state index is 4.44. The standard InChI is InChI=1S/C11H14N4/c1-12-10-5-3-4-9(14-10)8-11-13-6-7-15(11)2/h3-7H,8H2,1-2H3,(H,12,14). The summed E-state index contributed by atoms with van der Waals surface area (Å²) < 4.78 is 2.01. The molecule has 0 saturated heterocycles. The molecule has 0 unspecified atom stereocenters. The minimum atomic E-state index is 0.763. The Morgan fingerprint density at radius 2 is 2.27 bits per heavy atom. The molecule has 0 spiro atoms. The number of hydrogen-bond donors (Lipinski definition) is 1. The first-order valence-corrected chi connectivity index (χ1v) is 4.89. The van der Waals surface area contributed by atoms with Crippen molar-refractivity contribution in [1.82, 2.24) is 14.5 Å². The molecule has 2 aromatic heterocycles. The second-order valence-corrected chi connectivity index (χ2v) is 3.40. The zero-order valence-electron chi connectivity index (χ0n) is 8.94. The maximum Gasteiger partial charge on any atom is 0.125 e. The van der Waals surface area contributed by atoms with Crippen LogP contribution in [0, 0.1) is 0 Å². The molecule has 0 aliphatic rings. The normalized spacial score (nSPS) is 10.3. The summed E-state index contributed by atoms with van der Waals surface area (Å²) in [4.78, 5) is 8.71. The van der Waals surface area contributed by atoms with Gasteiger partial charge >= 0.3 is 0 Å². The molecule has 0 fully saturated rings. The van der Waals surface area contributed by atoms with E-state index in [2.05, 4.69) is 15.3 Å². The van der Waals surface area contributed by atoms with Gasteiger partial charge in [-0.1, -0.05) is 6.07 Å². The number of hydrogen-bond acceptors (Lipinski definition) is 3. The van der Waals surface area contributed by atoms with Gasteiger partial charge in [-0.25, -0.2) is 9.97 Å². The molecular weight excluding hydrogens is 188 g/mol. The molecule has 0 aliphatic heterocycles. The summed E-state index contributed by atoms with van der Waals surface area (Å²) in [6.07, 6.45) is 4.51. The number of nitrogens with zero attached hydrogens (tertiary/aromatic N) is 3. The molecule has 1 N–H and O–H groups in total. The molecule has 2 heterocycles. The van der Waals surface area contributed by atoms with Crippen molar-refractivity contribution in [3.63, 3.8) is 0 Å². The summed E-state index contributed by atoms with van der Waals surface area (Å²) in [5.74, 6) is 1.91. The van der Waals surface area contributed by atoms with Crippen molar-refractivity contribution in [2.45, 2.75) is 6.42 Å². The maximum atomic E-state index is 4.44. The molecule has 0 amide bonds. The fourth-order valence-electron chi connectivity index (χ4n) is 1.45. The SMILES string of the molecule is CNc1cccc(Cc2nccn2C)n1. The summed E-state index contributed by atoms with van der Waals surface area (Å²) in [6, 6.07) is 5.95. The summed E-state index contributed by atoms with van der Waals surface area (Å²) in [5, 5.41) is 3.02. The van der Waals surface area contributed by atoms with Crippen LogP contribution in [-0.4, -0.2) is 21.6 Å². The number of nitrogens with one attached hydrogen (secondary N) is 1. The van der Waals surface area contributed by atoms with Crippen LogP contribution < -0.4 is 5.32 Å². The van der Waals surface area contributed by atoms with Gasteiger partial charge in [-0.05, 0) is 12.1 Å². The van der Waals surface area contributed by atoms with Crippen molar-refractivity contribution in [3.8, 4) is 0 Å². The molecule has 0 bridgehead atoms. The molecule has 2 rings (SSSR count). The summed E-state index contributed by atoms with van der Waals surface area (Å²) in [6.45, 7) is 0. The largest absolute Gasteiger partial charge is 0.373 e. The van der Waals surface area contributed by atoms with Crippen LogP contribution in [0.4, 0.5) is 5.82 Å². The first kappa shape index (κ1) is 9.71. The predicted molar refractivity (Wildman–Crippen MR) is 59.8 cm³/mol. The van der Waals surface area contributed by atoms with Crippen LogP contribution in [0.15, 0.2) is 30.6 Å². The van der Waals surface area contributed by atoms with E-state index in [1.165, 1.54) is 0 Å². The van der Waals surface area contributed by atoms with Gasteiger partial charge in [0.25, 0.3) is 0 Å². The Hall–Kier alpha value is -1.84. The molecule has 0 saturated carbocycles. The smallest absolute Gasteiger partial charge is 0.125 e. The van der Waals surface area contributed by atoms with Gasteiger partial charge in [0.15, 0.2) is 0 Å². The van der Waals surface area contributed by atoms with E-state index < -0.39 is 0 Å². The van der Waals surface area contributed by atoms with Crippen molar-refractivity contribution >= 4 is 5.82 Å². The number of aryl methyl sites for hydroxylation is 1. The van der Waals surface area contributed by atoms with Gasteiger partial charge in [-0.2, -0.15) is 0 Å². The van der Waals surface area contributed by atoms with E-state index in [9.17, 15) is 0 Å². The van der Waals surface area contributed by atoms with E-state index >= 15 is 0 Å². The van der Waals surface area contributed by atoms with Crippen molar-refractivity contribution in [2.75, 3.05) is 12.4 Å². The third-order valence-electron chi connectivity index (χ3n) is 2.32. The Kier molecular flexibility index (Phi) is 2.67. The molecule has 15 heavy (non-hydrogen) atoms. The zero-order valence-corrected chi connectivity index (χ0v) is 8.94. The van der Waals surface area contributed by atoms with Crippen molar-refractivity contribution in [1.29, 1.82) is 0 Å². The van der Waals surface area contributed by atoms with Gasteiger partial charge in [0.05, 0.1) is 5.69 Å². The summed E-state index contributed by atoms with van der Waals surface area (Å²) >= 11 is 0. The average Bonchev–Trinajstić information content (AvgIpc) is 2.65. The number of anilines is 1. The molecule has 4 nitrogen and oxygen atoms in total. The quantitative estimate of drug-likeness (QED) is 0.819. The number of imidazole rings is 1. The Morgan fingerprint density at radius 1 is 1.40 bits per heavy atom. The number of rotatable bonds is 3. The molecule has 2 aromatic rings. The van der Waals surface area contributed by atoms with Gasteiger partial charge in [-0.15, -0.1) is 0 Å². The van der Waals surface area contributed by atoms with Gasteiger partial charge in [0.2, 0.25) is 0 Å². The van der Waals surface area contributed by atoms with Gasteiger partial charge in [-0.3, -0.25) is 0 Å². The monoisotopic (exact) mass is 202 g/mol. The second-order valence-electron chi connectivity index (χ2n) is 3.40. The van der Waals surface area contributed by atoms with Crippen molar-refractivity contribution in [2.24, 2.45) is 7.05 Å². The molecular formula is C11H14N4. The molecule has 0 aromatic carbocycles. The Bertz CT molecular complexity index is 447. The number of pyridine rings is 1. The second kappa shape index (κ2) is 4.13. The highest BCUT2D eigenvalue weighted by atomic mass is 15.0. The van der Waals surface area contributed by atoms with Crippen LogP contribution in [-0.2, 0) is 13.5 Å². The van der Waals surface area contributed by atoms with Crippen LogP contribution in [0.3, 0.4) is 0 Å². The molecule has 0 atom stereocenters. The Labute approximate surface area is 89.0 Å². The minimum absolute atomic E-state index is 0.763. The topological polar surface area (TPSA) is 42.7 Å². The van der Waals surface area contributed by atoms with Crippen LogP contribution in [0.2, 0.25) is 0 Å². The first-order chi connectivity index (χ1) is 7.29. The molecule has 4 heteroatoms. The summed E-state index contributed by atoms with van der Waals surface area (Å²) in [5.41, 5.74) is 1.02. The van der Waals surface area contributed by atoms with E-state index in [4.69, 9.17) is 0 Å². The van der Waals surface area contributed by atoms with E-state index in [0.717, 1.165) is 23.8 Å². The lowest BCUT2D eigenvalue weighted by molar-refractivity contribution is 0.812. The van der Waals surface area contributed by atoms with E-state index in [0.29, 0.717) is 0 Å². The van der Waals surface area contributed by atoms with E-state index in [1.54, 1.807) is 6.20 Å². The van der Waals surface area contributed by atoms with Gasteiger partial charge in [0.1, 0.15) is 11.6 Å². The van der Waals surface area contributed by atoms with E-state index in [-0.39, 0.29) is 0 Å². The highest BCUT2D eigenvalue weighted by molar-refractivity contribution is 5.34. The fourth-order valence-corrected chi connectivity index (χ4v) is 1.45. The lowest BCUT2D eigenvalue weighted by atomic mass is 10.2. The van der Waals surface area contributed by atoms with Crippen LogP contribution in [0.25, 0.3) is 0 Å². The number of aromatic nitrogens is 3. The minimum Gasteiger partial charge on any atom is -0.373 e. The third kappa shape index (κ3) is 2.15. The third-order valence-corrected chi connectivity index (χ3v) is 2.32. The zero-order chi connectivity index (χ0) is 10.7. The van der Waals surface area contributed by atoms with Crippen molar-refractivity contribution in [3.05, 3.63) is 42.1 Å². The predicted octanol–water partition coefficient (Wildman–Crippen LogP) is 1.45. The van der Waals surface area contributed by atoms with Crippen LogP contribution in [0.5, 0.6) is 0 Å². The van der Waals surface area contributed by atoms with Crippen LogP contribution >= 0.6 is 0 Å². The highest BCUT2D eigenvalue weighted by Gasteiger charge is 2.02. The summed E-state index contributed by atoms with van der Waals surface area (Å²) in [7, 11) is 3.86.